The fraction of sp³-hybridized carbons (Fsp3) is 0.120. The molecule has 0 saturated heterocycles. The summed E-state index contributed by atoms with van der Waals surface area (Å²) in [5.41, 5.74) is 1.25. The lowest BCUT2D eigenvalue weighted by Gasteiger charge is -2.27. The van der Waals surface area contributed by atoms with E-state index in [9.17, 15) is 0 Å². The third-order valence-corrected chi connectivity index (χ3v) is 9.31. The molecule has 3 aromatic carbocycles. The van der Waals surface area contributed by atoms with Crippen LogP contribution in [0.1, 0.15) is 13.3 Å². The molecule has 0 heterocycles. The van der Waals surface area contributed by atoms with Crippen molar-refractivity contribution in [3.8, 4) is 0 Å². The van der Waals surface area contributed by atoms with E-state index in [0.717, 1.165) is 12.6 Å². The Balaban J connectivity index is 0.00000261. The average molecular weight is 484 g/mol. The largest absolute Gasteiger partial charge is 1.00 e. The predicted molar refractivity (Wildman–Crippen MR) is 119 cm³/mol. The highest BCUT2D eigenvalue weighted by atomic mass is 127. The van der Waals surface area contributed by atoms with E-state index in [0.29, 0.717) is 0 Å². The Labute approximate surface area is 181 Å². The van der Waals surface area contributed by atoms with Gasteiger partial charge in [0, 0.05) is 6.42 Å². The van der Waals surface area contributed by atoms with Gasteiger partial charge in [-0.2, -0.15) is 0 Å². The zero-order valence-corrected chi connectivity index (χ0v) is 18.8. The SMILES string of the molecule is C=C/C(C)=C/CC[P+](c1ccccc1)(c1ccccc1)c1ccccc1.[I-]. The van der Waals surface area contributed by atoms with Gasteiger partial charge in [0.2, 0.25) is 0 Å². The fourth-order valence-corrected chi connectivity index (χ4v) is 7.68. The van der Waals surface area contributed by atoms with Gasteiger partial charge in [-0.1, -0.05) is 78.9 Å². The summed E-state index contributed by atoms with van der Waals surface area (Å²) in [6, 6.07) is 33.1. The number of rotatable bonds is 7. The molecule has 3 rings (SSSR count). The minimum atomic E-state index is -1.70. The second kappa shape index (κ2) is 10.6. The minimum Gasteiger partial charge on any atom is -1.00 e. The molecule has 138 valence electrons. The number of halogens is 1. The lowest BCUT2D eigenvalue weighted by atomic mass is 10.2. The van der Waals surface area contributed by atoms with Crippen LogP contribution in [0, 0.1) is 0 Å². The van der Waals surface area contributed by atoms with Crippen LogP contribution in [-0.4, -0.2) is 6.16 Å². The number of allylic oxidation sites excluding steroid dienone is 3. The van der Waals surface area contributed by atoms with E-state index in [-0.39, 0.29) is 24.0 Å². The molecule has 0 spiro atoms. The summed E-state index contributed by atoms with van der Waals surface area (Å²) in [5.74, 6) is 0. The summed E-state index contributed by atoms with van der Waals surface area (Å²) in [6.45, 7) is 6.02. The minimum absolute atomic E-state index is 0. The van der Waals surface area contributed by atoms with E-state index >= 15 is 0 Å². The quantitative estimate of drug-likeness (QED) is 0.275. The van der Waals surface area contributed by atoms with Crippen molar-refractivity contribution in [2.45, 2.75) is 13.3 Å². The Bertz CT molecular complexity index is 758. The van der Waals surface area contributed by atoms with Gasteiger partial charge in [-0.3, -0.25) is 0 Å². The molecule has 2 heteroatoms. The molecule has 0 fully saturated rings. The van der Waals surface area contributed by atoms with Gasteiger partial charge >= 0.3 is 0 Å². The third kappa shape index (κ3) is 4.97. The van der Waals surface area contributed by atoms with Gasteiger partial charge in [0.1, 0.15) is 23.2 Å². The van der Waals surface area contributed by atoms with E-state index < -0.39 is 7.26 Å². The first kappa shape index (κ1) is 21.6. The lowest BCUT2D eigenvalue weighted by Crippen LogP contribution is -3.00. The van der Waals surface area contributed by atoms with Crippen molar-refractivity contribution in [1.82, 2.24) is 0 Å². The molecule has 0 N–H and O–H groups in total. The van der Waals surface area contributed by atoms with Crippen LogP contribution in [-0.2, 0) is 0 Å². The van der Waals surface area contributed by atoms with E-state index in [2.05, 4.69) is 111 Å². The fourth-order valence-electron chi connectivity index (χ4n) is 3.45. The molecule has 0 unspecified atom stereocenters. The Morgan fingerprint density at radius 2 is 1.11 bits per heavy atom. The molecule has 0 aromatic heterocycles. The number of hydrogen-bond acceptors (Lipinski definition) is 0. The summed E-state index contributed by atoms with van der Waals surface area (Å²) < 4.78 is 0. The van der Waals surface area contributed by atoms with Crippen molar-refractivity contribution in [3.05, 3.63) is 115 Å². The Hall–Kier alpha value is -1.70. The van der Waals surface area contributed by atoms with Crippen molar-refractivity contribution in [1.29, 1.82) is 0 Å². The van der Waals surface area contributed by atoms with E-state index in [1.807, 2.05) is 6.08 Å². The topological polar surface area (TPSA) is 0 Å². The average Bonchev–Trinajstić information content (AvgIpc) is 2.73. The molecule has 0 aliphatic carbocycles. The van der Waals surface area contributed by atoms with Crippen molar-refractivity contribution >= 4 is 23.2 Å². The first-order chi connectivity index (χ1) is 12.8. The van der Waals surface area contributed by atoms with Gasteiger partial charge in [0.25, 0.3) is 0 Å². The monoisotopic (exact) mass is 484 g/mol. The van der Waals surface area contributed by atoms with Gasteiger partial charge in [0.05, 0.1) is 6.16 Å². The van der Waals surface area contributed by atoms with Crippen molar-refractivity contribution < 1.29 is 24.0 Å². The number of benzene rings is 3. The van der Waals surface area contributed by atoms with Gasteiger partial charge in [-0.15, -0.1) is 0 Å². The van der Waals surface area contributed by atoms with Crippen LogP contribution < -0.4 is 39.9 Å². The van der Waals surface area contributed by atoms with Crippen LogP contribution >= 0.6 is 7.26 Å². The maximum Gasteiger partial charge on any atom is 0.112 e. The van der Waals surface area contributed by atoms with Crippen LogP contribution in [0.3, 0.4) is 0 Å². The first-order valence-corrected chi connectivity index (χ1v) is 11.1. The predicted octanol–water partition coefficient (Wildman–Crippen LogP) is 2.51. The second-order valence-electron chi connectivity index (χ2n) is 6.48. The van der Waals surface area contributed by atoms with Crippen LogP contribution in [0.15, 0.2) is 115 Å². The van der Waals surface area contributed by atoms with Crippen LogP contribution in [0.25, 0.3) is 0 Å². The highest BCUT2D eigenvalue weighted by Gasteiger charge is 2.44. The Morgan fingerprint density at radius 1 is 0.741 bits per heavy atom. The third-order valence-electron chi connectivity index (χ3n) is 4.84. The van der Waals surface area contributed by atoms with Gasteiger partial charge in [0.15, 0.2) is 0 Å². The maximum atomic E-state index is 3.89. The van der Waals surface area contributed by atoms with Gasteiger partial charge < -0.3 is 24.0 Å². The summed E-state index contributed by atoms with van der Waals surface area (Å²) in [6.07, 6.45) is 6.42. The number of hydrogen-bond donors (Lipinski definition) is 0. The first-order valence-electron chi connectivity index (χ1n) is 9.11. The lowest BCUT2D eigenvalue weighted by molar-refractivity contribution is -0.00000513. The van der Waals surface area contributed by atoms with E-state index in [1.165, 1.54) is 21.5 Å². The molecule has 3 aromatic rings. The summed E-state index contributed by atoms with van der Waals surface area (Å²) in [5, 5.41) is 4.34. The molecule has 0 aliphatic rings. The maximum absolute atomic E-state index is 3.89. The molecular weight excluding hydrogens is 458 g/mol. The smallest absolute Gasteiger partial charge is 0.112 e. The summed E-state index contributed by atoms with van der Waals surface area (Å²) in [4.78, 5) is 0. The Morgan fingerprint density at radius 3 is 1.44 bits per heavy atom. The molecule has 27 heavy (non-hydrogen) atoms. The summed E-state index contributed by atoms with van der Waals surface area (Å²) >= 11 is 0. The molecule has 0 bridgehead atoms. The second-order valence-corrected chi connectivity index (χ2v) is 10.1. The molecule has 0 radical (unpaired) electrons. The Kier molecular flexibility index (Phi) is 8.47. The summed E-state index contributed by atoms with van der Waals surface area (Å²) in [7, 11) is -1.70. The standard InChI is InChI=1S/C25H26P.HI/c1-3-22(2)14-13-21-26(23-15-7-4-8-16-23,24-17-9-5-10-18-24)25-19-11-6-12-20-25;/h3-12,14-20H,1,13,21H2,2H3;1H/q+1;/p-1/b22-14+;. The zero-order valence-electron chi connectivity index (χ0n) is 15.8. The molecule has 0 saturated carbocycles. The van der Waals surface area contributed by atoms with Crippen molar-refractivity contribution in [2.24, 2.45) is 0 Å². The molecule has 0 aliphatic heterocycles. The highest BCUT2D eigenvalue weighted by Crippen LogP contribution is 2.55. The molecule has 0 nitrogen and oxygen atoms in total. The van der Waals surface area contributed by atoms with E-state index in [4.69, 9.17) is 0 Å². The highest BCUT2D eigenvalue weighted by molar-refractivity contribution is 7.95. The molecule has 0 amide bonds. The van der Waals surface area contributed by atoms with Gasteiger partial charge in [-0.05, 0) is 43.3 Å². The van der Waals surface area contributed by atoms with E-state index in [1.54, 1.807) is 0 Å². The van der Waals surface area contributed by atoms with Crippen LogP contribution in [0.5, 0.6) is 0 Å². The van der Waals surface area contributed by atoms with Crippen molar-refractivity contribution in [3.63, 3.8) is 0 Å². The molecular formula is C25H26IP. The van der Waals surface area contributed by atoms with Crippen molar-refractivity contribution in [2.75, 3.05) is 6.16 Å². The van der Waals surface area contributed by atoms with Crippen LogP contribution in [0.2, 0.25) is 0 Å². The normalized spacial score (nSPS) is 11.5. The molecule has 0 atom stereocenters. The van der Waals surface area contributed by atoms with Crippen LogP contribution in [0.4, 0.5) is 0 Å². The van der Waals surface area contributed by atoms with Gasteiger partial charge in [-0.25, -0.2) is 0 Å². The zero-order chi connectivity index (χ0) is 18.2.